The van der Waals surface area contributed by atoms with Gasteiger partial charge in [-0.1, -0.05) is 47.7 Å². The molecule has 2 rings (SSSR count). The van der Waals surface area contributed by atoms with Crippen molar-refractivity contribution in [1.82, 2.24) is 0 Å². The maximum absolute atomic E-state index is 6.60. The van der Waals surface area contributed by atoms with Crippen LogP contribution in [0, 0.1) is 19.8 Å². The number of hydrogen-bond acceptors (Lipinski definition) is 0. The van der Waals surface area contributed by atoms with Gasteiger partial charge >= 0.3 is 0 Å². The first-order valence-electron chi connectivity index (χ1n) is 6.98. The van der Waals surface area contributed by atoms with E-state index in [1.54, 1.807) is 0 Å². The highest BCUT2D eigenvalue weighted by Crippen LogP contribution is 2.36. The lowest BCUT2D eigenvalue weighted by Crippen LogP contribution is -2.00. The zero-order chi connectivity index (χ0) is 13.1. The van der Waals surface area contributed by atoms with Crippen molar-refractivity contribution >= 4 is 27.5 Å². The van der Waals surface area contributed by atoms with Crippen molar-refractivity contribution < 1.29 is 0 Å². The van der Waals surface area contributed by atoms with Crippen LogP contribution in [0.3, 0.4) is 0 Å². The molecule has 1 unspecified atom stereocenters. The van der Waals surface area contributed by atoms with Crippen LogP contribution in [0.5, 0.6) is 0 Å². The van der Waals surface area contributed by atoms with Gasteiger partial charge in [0.25, 0.3) is 0 Å². The molecule has 0 amide bonds. The van der Waals surface area contributed by atoms with Crippen LogP contribution in [-0.2, 0) is 0 Å². The Labute approximate surface area is 124 Å². The standard InChI is InChI=1S/C16H22BrCl/c1-11-10-15(17)12(2)9-14(11)16(18)8-7-13-5-3-4-6-13/h9-10,13,16H,3-8H2,1-2H3. The Bertz CT molecular complexity index is 408. The van der Waals surface area contributed by atoms with E-state index in [9.17, 15) is 0 Å². The molecule has 100 valence electrons. The minimum absolute atomic E-state index is 0.178. The lowest BCUT2D eigenvalue weighted by atomic mass is 9.95. The number of aryl methyl sites for hydroxylation is 2. The van der Waals surface area contributed by atoms with Gasteiger partial charge < -0.3 is 0 Å². The van der Waals surface area contributed by atoms with Crippen LogP contribution in [0.2, 0.25) is 0 Å². The highest BCUT2D eigenvalue weighted by atomic mass is 79.9. The second kappa shape index (κ2) is 6.43. The third kappa shape index (κ3) is 3.51. The van der Waals surface area contributed by atoms with Gasteiger partial charge in [0.05, 0.1) is 5.38 Å². The normalized spacial score (nSPS) is 18.2. The molecular formula is C16H22BrCl. The molecule has 0 N–H and O–H groups in total. The lowest BCUT2D eigenvalue weighted by Gasteiger charge is -2.16. The average Bonchev–Trinajstić information content (AvgIpc) is 2.84. The van der Waals surface area contributed by atoms with E-state index in [1.807, 2.05) is 0 Å². The first kappa shape index (κ1) is 14.4. The molecule has 1 fully saturated rings. The van der Waals surface area contributed by atoms with E-state index in [-0.39, 0.29) is 5.38 Å². The van der Waals surface area contributed by atoms with Crippen LogP contribution in [0.15, 0.2) is 16.6 Å². The zero-order valence-corrected chi connectivity index (χ0v) is 13.6. The molecule has 1 aromatic rings. The molecule has 0 bridgehead atoms. The van der Waals surface area contributed by atoms with Gasteiger partial charge in [-0.3, -0.25) is 0 Å². The van der Waals surface area contributed by atoms with Crippen LogP contribution in [0.4, 0.5) is 0 Å². The third-order valence-corrected chi connectivity index (χ3v) is 5.50. The Morgan fingerprint density at radius 2 is 1.89 bits per heavy atom. The summed E-state index contributed by atoms with van der Waals surface area (Å²) in [6.07, 6.45) is 8.10. The fourth-order valence-corrected chi connectivity index (χ4v) is 3.80. The second-order valence-corrected chi connectivity index (χ2v) is 7.03. The van der Waals surface area contributed by atoms with Crippen molar-refractivity contribution in [1.29, 1.82) is 0 Å². The molecule has 1 aliphatic rings. The highest BCUT2D eigenvalue weighted by Gasteiger charge is 2.18. The van der Waals surface area contributed by atoms with E-state index in [0.717, 1.165) is 12.3 Å². The van der Waals surface area contributed by atoms with Gasteiger partial charge in [0.2, 0.25) is 0 Å². The van der Waals surface area contributed by atoms with E-state index in [4.69, 9.17) is 11.6 Å². The van der Waals surface area contributed by atoms with Crippen LogP contribution in [0.25, 0.3) is 0 Å². The molecule has 1 atom stereocenters. The van der Waals surface area contributed by atoms with E-state index in [1.165, 1.54) is 53.3 Å². The first-order valence-corrected chi connectivity index (χ1v) is 8.21. The second-order valence-electron chi connectivity index (χ2n) is 5.65. The average molecular weight is 330 g/mol. The van der Waals surface area contributed by atoms with Crippen LogP contribution < -0.4 is 0 Å². The lowest BCUT2D eigenvalue weighted by molar-refractivity contribution is 0.479. The number of benzene rings is 1. The molecule has 0 saturated heterocycles. The van der Waals surface area contributed by atoms with Crippen molar-refractivity contribution in [2.45, 2.75) is 57.7 Å². The Morgan fingerprint density at radius 1 is 1.22 bits per heavy atom. The van der Waals surface area contributed by atoms with Crippen molar-refractivity contribution in [3.63, 3.8) is 0 Å². The summed E-state index contributed by atoms with van der Waals surface area (Å²) in [6, 6.07) is 4.43. The molecule has 0 aromatic heterocycles. The molecule has 2 heteroatoms. The van der Waals surface area contributed by atoms with Gasteiger partial charge in [0.15, 0.2) is 0 Å². The topological polar surface area (TPSA) is 0 Å². The molecule has 1 saturated carbocycles. The molecule has 0 radical (unpaired) electrons. The summed E-state index contributed by atoms with van der Waals surface area (Å²) in [4.78, 5) is 0. The summed E-state index contributed by atoms with van der Waals surface area (Å²) in [5, 5.41) is 0.178. The zero-order valence-electron chi connectivity index (χ0n) is 11.3. The van der Waals surface area contributed by atoms with E-state index >= 15 is 0 Å². The van der Waals surface area contributed by atoms with Crippen molar-refractivity contribution in [2.24, 2.45) is 5.92 Å². The fourth-order valence-electron chi connectivity index (χ4n) is 2.98. The Balaban J connectivity index is 1.99. The van der Waals surface area contributed by atoms with Crippen molar-refractivity contribution in [2.75, 3.05) is 0 Å². The van der Waals surface area contributed by atoms with E-state index in [2.05, 4.69) is 41.9 Å². The van der Waals surface area contributed by atoms with Crippen LogP contribution in [-0.4, -0.2) is 0 Å². The number of halogens is 2. The van der Waals surface area contributed by atoms with Crippen LogP contribution in [0.1, 0.15) is 60.6 Å². The molecule has 0 spiro atoms. The van der Waals surface area contributed by atoms with E-state index in [0.29, 0.717) is 0 Å². The number of rotatable bonds is 4. The maximum Gasteiger partial charge on any atom is 0.0588 e. The molecular weight excluding hydrogens is 308 g/mol. The van der Waals surface area contributed by atoms with Gasteiger partial charge in [-0.25, -0.2) is 0 Å². The molecule has 1 aliphatic carbocycles. The van der Waals surface area contributed by atoms with Gasteiger partial charge in [0.1, 0.15) is 0 Å². The molecule has 1 aromatic carbocycles. The monoisotopic (exact) mass is 328 g/mol. The molecule has 18 heavy (non-hydrogen) atoms. The highest BCUT2D eigenvalue weighted by molar-refractivity contribution is 9.10. The fraction of sp³-hybridized carbons (Fsp3) is 0.625. The summed E-state index contributed by atoms with van der Waals surface area (Å²) in [6.45, 7) is 4.29. The smallest absolute Gasteiger partial charge is 0.0588 e. The summed E-state index contributed by atoms with van der Waals surface area (Å²) in [7, 11) is 0. The summed E-state index contributed by atoms with van der Waals surface area (Å²) in [5.41, 5.74) is 3.90. The third-order valence-electron chi connectivity index (χ3n) is 4.19. The van der Waals surface area contributed by atoms with Crippen molar-refractivity contribution in [3.8, 4) is 0 Å². The quantitative estimate of drug-likeness (QED) is 0.567. The predicted octanol–water partition coefficient (Wildman–Crippen LogP) is 6.32. The van der Waals surface area contributed by atoms with E-state index < -0.39 is 0 Å². The summed E-state index contributed by atoms with van der Waals surface area (Å²) >= 11 is 10.2. The number of hydrogen-bond donors (Lipinski definition) is 0. The molecule has 0 nitrogen and oxygen atoms in total. The SMILES string of the molecule is Cc1cc(C(Cl)CCC2CCCC2)c(C)cc1Br. The van der Waals surface area contributed by atoms with Gasteiger partial charge in [-0.2, -0.15) is 0 Å². The first-order chi connectivity index (χ1) is 8.58. The van der Waals surface area contributed by atoms with Gasteiger partial charge in [-0.05, 0) is 55.4 Å². The van der Waals surface area contributed by atoms with Crippen LogP contribution >= 0.6 is 27.5 Å². The molecule has 0 aliphatic heterocycles. The Morgan fingerprint density at radius 3 is 2.56 bits per heavy atom. The Kier molecular flexibility index (Phi) is 5.14. The van der Waals surface area contributed by atoms with Gasteiger partial charge in [0, 0.05) is 4.47 Å². The number of alkyl halides is 1. The Hall–Kier alpha value is -0.0100. The van der Waals surface area contributed by atoms with Gasteiger partial charge in [-0.15, -0.1) is 11.6 Å². The maximum atomic E-state index is 6.60. The van der Waals surface area contributed by atoms with Crippen molar-refractivity contribution in [3.05, 3.63) is 33.3 Å². The predicted molar refractivity (Wildman–Crippen MR) is 83.4 cm³/mol. The molecule has 0 heterocycles. The summed E-state index contributed by atoms with van der Waals surface area (Å²) in [5.74, 6) is 0.933. The minimum Gasteiger partial charge on any atom is -0.118 e. The minimum atomic E-state index is 0.178. The largest absolute Gasteiger partial charge is 0.118 e. The summed E-state index contributed by atoms with van der Waals surface area (Å²) < 4.78 is 1.18.